The molecule has 0 spiro atoms. The minimum Gasteiger partial charge on any atom is -0.447 e. The van der Waals surface area contributed by atoms with Crippen LogP contribution in [0.15, 0.2) is 24.3 Å². The maximum atomic E-state index is 6.46. The van der Waals surface area contributed by atoms with E-state index in [1.807, 2.05) is 24.3 Å². The van der Waals surface area contributed by atoms with Crippen LogP contribution in [0.25, 0.3) is 0 Å². The molecule has 0 amide bonds. The summed E-state index contributed by atoms with van der Waals surface area (Å²) in [6.07, 6.45) is 11.8. The van der Waals surface area contributed by atoms with Gasteiger partial charge in [0, 0.05) is 26.2 Å². The molecule has 5 heteroatoms. The molecule has 5 nitrogen and oxygen atoms in total. The molecule has 31 heavy (non-hydrogen) atoms. The van der Waals surface area contributed by atoms with Crippen molar-refractivity contribution in [2.75, 3.05) is 26.2 Å². The van der Waals surface area contributed by atoms with Crippen LogP contribution in [0.4, 0.5) is 0 Å². The fraction of sp³-hybridized carbons (Fsp3) is 0.769. The molecule has 1 aromatic carbocycles. The third kappa shape index (κ3) is 8.99. The second-order valence-corrected chi connectivity index (χ2v) is 8.52. The van der Waals surface area contributed by atoms with E-state index in [9.17, 15) is 0 Å². The van der Waals surface area contributed by atoms with Gasteiger partial charge in [-0.05, 0) is 25.0 Å². The average molecular weight is 435 g/mol. The van der Waals surface area contributed by atoms with Crippen molar-refractivity contribution in [1.82, 2.24) is 9.80 Å². The fourth-order valence-electron chi connectivity index (χ4n) is 4.00. The Balaban J connectivity index is 2.04. The van der Waals surface area contributed by atoms with E-state index >= 15 is 0 Å². The Morgan fingerprint density at radius 1 is 0.613 bits per heavy atom. The van der Waals surface area contributed by atoms with Gasteiger partial charge in [0.1, 0.15) is 0 Å². The van der Waals surface area contributed by atoms with E-state index in [0.29, 0.717) is 0 Å². The van der Waals surface area contributed by atoms with Crippen molar-refractivity contribution in [2.24, 2.45) is 0 Å². The van der Waals surface area contributed by atoms with Crippen molar-refractivity contribution in [3.05, 3.63) is 24.3 Å². The lowest BCUT2D eigenvalue weighted by Crippen LogP contribution is -2.49. The molecule has 1 aromatic rings. The predicted octanol–water partition coefficient (Wildman–Crippen LogP) is 6.63. The molecular weight excluding hydrogens is 388 g/mol. The van der Waals surface area contributed by atoms with Gasteiger partial charge in [-0.1, -0.05) is 91.2 Å². The molecular formula is C26H46N2O3. The molecule has 1 aliphatic rings. The van der Waals surface area contributed by atoms with Crippen LogP contribution in [0.2, 0.25) is 0 Å². The highest BCUT2D eigenvalue weighted by Crippen LogP contribution is 2.33. The molecule has 1 aliphatic heterocycles. The lowest BCUT2D eigenvalue weighted by molar-refractivity contribution is -0.275. The van der Waals surface area contributed by atoms with Gasteiger partial charge < -0.3 is 9.47 Å². The van der Waals surface area contributed by atoms with Gasteiger partial charge in [-0.2, -0.15) is 0 Å². The average Bonchev–Trinajstić information content (AvgIpc) is 2.98. The zero-order chi connectivity index (χ0) is 22.3. The van der Waals surface area contributed by atoms with Crippen LogP contribution in [0, 0.1) is 0 Å². The maximum Gasteiger partial charge on any atom is 0.266 e. The van der Waals surface area contributed by atoms with Gasteiger partial charge in [-0.25, -0.2) is 9.80 Å². The first-order valence-corrected chi connectivity index (χ1v) is 12.8. The van der Waals surface area contributed by atoms with Crippen LogP contribution in [0.1, 0.15) is 91.9 Å². The Bertz CT molecular complexity index is 535. The first-order valence-electron chi connectivity index (χ1n) is 12.8. The SMILES string of the molecule is CCCCCCCN(CC)C1Oc2ccccc2OC(N(CC)CCCCCCC)O1. The summed E-state index contributed by atoms with van der Waals surface area (Å²) in [6.45, 7) is 12.6. The van der Waals surface area contributed by atoms with Crippen molar-refractivity contribution in [3.8, 4) is 11.5 Å². The van der Waals surface area contributed by atoms with E-state index in [1.54, 1.807) is 0 Å². The number of ether oxygens (including phenoxy) is 3. The van der Waals surface area contributed by atoms with Crippen LogP contribution < -0.4 is 9.47 Å². The van der Waals surface area contributed by atoms with Crippen molar-refractivity contribution >= 4 is 0 Å². The van der Waals surface area contributed by atoms with E-state index in [1.165, 1.54) is 64.2 Å². The lowest BCUT2D eigenvalue weighted by atomic mass is 10.1. The summed E-state index contributed by atoms with van der Waals surface area (Å²) in [6, 6.07) is 7.94. The van der Waals surface area contributed by atoms with Gasteiger partial charge in [-0.3, -0.25) is 4.74 Å². The highest BCUT2D eigenvalue weighted by atomic mass is 16.8. The number of para-hydroxylation sites is 2. The van der Waals surface area contributed by atoms with Crippen molar-refractivity contribution in [1.29, 1.82) is 0 Å². The Morgan fingerprint density at radius 2 is 1.03 bits per heavy atom. The van der Waals surface area contributed by atoms with Gasteiger partial charge in [-0.15, -0.1) is 0 Å². The van der Waals surface area contributed by atoms with Crippen LogP contribution in [-0.4, -0.2) is 48.8 Å². The third-order valence-electron chi connectivity index (χ3n) is 6.04. The summed E-state index contributed by atoms with van der Waals surface area (Å²) in [5, 5.41) is 0. The Kier molecular flexibility index (Phi) is 13.0. The highest BCUT2D eigenvalue weighted by Gasteiger charge is 2.32. The monoisotopic (exact) mass is 434 g/mol. The van der Waals surface area contributed by atoms with Gasteiger partial charge in [0.15, 0.2) is 11.5 Å². The van der Waals surface area contributed by atoms with E-state index in [0.717, 1.165) is 37.7 Å². The minimum atomic E-state index is -0.432. The molecule has 0 saturated carbocycles. The molecule has 0 fully saturated rings. The quantitative estimate of drug-likeness (QED) is 0.273. The molecule has 0 aromatic heterocycles. The van der Waals surface area contributed by atoms with Crippen LogP contribution in [-0.2, 0) is 4.74 Å². The molecule has 0 saturated heterocycles. The fourth-order valence-corrected chi connectivity index (χ4v) is 4.00. The molecule has 0 aliphatic carbocycles. The van der Waals surface area contributed by atoms with Crippen molar-refractivity contribution < 1.29 is 14.2 Å². The minimum absolute atomic E-state index is 0.432. The zero-order valence-corrected chi connectivity index (χ0v) is 20.5. The van der Waals surface area contributed by atoms with Crippen molar-refractivity contribution in [3.63, 3.8) is 0 Å². The number of hydrogen-bond donors (Lipinski definition) is 0. The second kappa shape index (κ2) is 15.5. The Hall–Kier alpha value is -1.30. The van der Waals surface area contributed by atoms with Gasteiger partial charge in [0.25, 0.3) is 12.8 Å². The summed E-state index contributed by atoms with van der Waals surface area (Å²) in [4.78, 5) is 4.58. The Morgan fingerprint density at radius 3 is 1.42 bits per heavy atom. The molecule has 2 unspecified atom stereocenters. The van der Waals surface area contributed by atoms with Crippen LogP contribution in [0.3, 0.4) is 0 Å². The second-order valence-electron chi connectivity index (χ2n) is 8.52. The van der Waals surface area contributed by atoms with E-state index in [2.05, 4.69) is 37.5 Å². The molecule has 178 valence electrons. The first kappa shape index (κ1) is 26.0. The molecule has 0 radical (unpaired) electrons. The highest BCUT2D eigenvalue weighted by molar-refractivity contribution is 5.39. The normalized spacial score (nSPS) is 18.5. The number of hydrogen-bond acceptors (Lipinski definition) is 5. The first-order chi connectivity index (χ1) is 15.2. The van der Waals surface area contributed by atoms with Crippen molar-refractivity contribution in [2.45, 2.75) is 105 Å². The third-order valence-corrected chi connectivity index (χ3v) is 6.04. The largest absolute Gasteiger partial charge is 0.447 e. The molecule has 0 N–H and O–H groups in total. The molecule has 2 atom stereocenters. The number of unbranched alkanes of at least 4 members (excludes halogenated alkanes) is 8. The summed E-state index contributed by atoms with van der Waals surface area (Å²) in [5.41, 5.74) is 0. The van der Waals surface area contributed by atoms with Gasteiger partial charge >= 0.3 is 0 Å². The van der Waals surface area contributed by atoms with E-state index in [4.69, 9.17) is 14.2 Å². The summed E-state index contributed by atoms with van der Waals surface area (Å²) in [5.74, 6) is 1.52. The lowest BCUT2D eigenvalue weighted by Gasteiger charge is -2.34. The molecule has 1 heterocycles. The van der Waals surface area contributed by atoms with E-state index < -0.39 is 12.8 Å². The topological polar surface area (TPSA) is 34.2 Å². The molecule has 0 bridgehead atoms. The Labute approximate surface area is 191 Å². The number of benzene rings is 1. The smallest absolute Gasteiger partial charge is 0.266 e. The van der Waals surface area contributed by atoms with Gasteiger partial charge in [0.2, 0.25) is 0 Å². The van der Waals surface area contributed by atoms with Crippen LogP contribution >= 0.6 is 0 Å². The predicted molar refractivity (Wildman–Crippen MR) is 128 cm³/mol. The number of fused-ring (bicyclic) bond motifs is 1. The standard InChI is InChI=1S/C26H46N2O3/c1-5-9-11-13-17-21-27(7-3)25-29-23-19-15-16-20-24(23)30-26(31-25)28(8-4)22-18-14-12-10-6-2/h15-16,19-20,25-26H,5-14,17-18,21-22H2,1-4H3. The summed E-state index contributed by atoms with van der Waals surface area (Å²) < 4.78 is 19.1. The maximum absolute atomic E-state index is 6.46. The van der Waals surface area contributed by atoms with E-state index in [-0.39, 0.29) is 0 Å². The molecule has 2 rings (SSSR count). The zero-order valence-electron chi connectivity index (χ0n) is 20.5. The van der Waals surface area contributed by atoms with Gasteiger partial charge in [0.05, 0.1) is 0 Å². The summed E-state index contributed by atoms with van der Waals surface area (Å²) in [7, 11) is 0. The summed E-state index contributed by atoms with van der Waals surface area (Å²) >= 11 is 0. The van der Waals surface area contributed by atoms with Crippen LogP contribution in [0.5, 0.6) is 11.5 Å². The number of nitrogens with zero attached hydrogens (tertiary/aromatic N) is 2. The number of rotatable bonds is 16.